The SMILES string of the molecule is CC1(C)CN(C/C=C/C(=O)O)CCO1. The van der Waals surface area contributed by atoms with Gasteiger partial charge in [-0.3, -0.25) is 4.90 Å². The van der Waals surface area contributed by atoms with Gasteiger partial charge in [-0.2, -0.15) is 0 Å². The second-order valence-electron chi connectivity index (χ2n) is 4.08. The van der Waals surface area contributed by atoms with E-state index in [2.05, 4.69) is 4.90 Å². The van der Waals surface area contributed by atoms with Gasteiger partial charge in [0.1, 0.15) is 0 Å². The number of hydrogen-bond acceptors (Lipinski definition) is 3. The fourth-order valence-electron chi connectivity index (χ4n) is 1.57. The van der Waals surface area contributed by atoms with Crippen LogP contribution >= 0.6 is 0 Å². The zero-order chi connectivity index (χ0) is 10.6. The Hall–Kier alpha value is -0.870. The van der Waals surface area contributed by atoms with Gasteiger partial charge in [0, 0.05) is 25.7 Å². The summed E-state index contributed by atoms with van der Waals surface area (Å²) in [6.07, 6.45) is 2.85. The number of morpholine rings is 1. The molecular weight excluding hydrogens is 182 g/mol. The van der Waals surface area contributed by atoms with E-state index in [4.69, 9.17) is 9.84 Å². The predicted octanol–water partition coefficient (Wildman–Crippen LogP) is 0.738. The molecule has 4 heteroatoms. The van der Waals surface area contributed by atoms with Crippen LogP contribution in [0.1, 0.15) is 13.8 Å². The van der Waals surface area contributed by atoms with E-state index in [1.807, 2.05) is 13.8 Å². The predicted molar refractivity (Wildman–Crippen MR) is 53.2 cm³/mol. The fourth-order valence-corrected chi connectivity index (χ4v) is 1.57. The molecule has 0 aromatic rings. The summed E-state index contributed by atoms with van der Waals surface area (Å²) in [4.78, 5) is 12.4. The van der Waals surface area contributed by atoms with E-state index in [1.165, 1.54) is 6.08 Å². The molecule has 1 aliphatic heterocycles. The van der Waals surface area contributed by atoms with Gasteiger partial charge >= 0.3 is 5.97 Å². The van der Waals surface area contributed by atoms with Crippen molar-refractivity contribution in [2.45, 2.75) is 19.4 Å². The van der Waals surface area contributed by atoms with Gasteiger partial charge in [0.25, 0.3) is 0 Å². The molecule has 4 nitrogen and oxygen atoms in total. The van der Waals surface area contributed by atoms with Crippen LogP contribution < -0.4 is 0 Å². The van der Waals surface area contributed by atoms with Gasteiger partial charge in [-0.25, -0.2) is 4.79 Å². The van der Waals surface area contributed by atoms with E-state index in [1.54, 1.807) is 6.08 Å². The van der Waals surface area contributed by atoms with Crippen molar-refractivity contribution in [3.8, 4) is 0 Å². The number of carboxylic acids is 1. The molecule has 0 radical (unpaired) electrons. The molecule has 0 atom stereocenters. The van der Waals surface area contributed by atoms with Crippen LogP contribution in [0.15, 0.2) is 12.2 Å². The van der Waals surface area contributed by atoms with E-state index in [9.17, 15) is 4.79 Å². The third-order valence-electron chi connectivity index (χ3n) is 2.13. The van der Waals surface area contributed by atoms with Crippen molar-refractivity contribution >= 4 is 5.97 Å². The molecule has 0 bridgehead atoms. The largest absolute Gasteiger partial charge is 0.478 e. The monoisotopic (exact) mass is 199 g/mol. The third-order valence-corrected chi connectivity index (χ3v) is 2.13. The maximum absolute atomic E-state index is 10.2. The zero-order valence-electron chi connectivity index (χ0n) is 8.69. The molecule has 0 unspecified atom stereocenters. The molecule has 0 aromatic carbocycles. The number of carboxylic acid groups (broad SMARTS) is 1. The van der Waals surface area contributed by atoms with E-state index >= 15 is 0 Å². The van der Waals surface area contributed by atoms with Crippen molar-refractivity contribution in [3.63, 3.8) is 0 Å². The lowest BCUT2D eigenvalue weighted by Gasteiger charge is -2.37. The molecule has 0 amide bonds. The summed E-state index contributed by atoms with van der Waals surface area (Å²) >= 11 is 0. The summed E-state index contributed by atoms with van der Waals surface area (Å²) in [5.74, 6) is -0.891. The first-order valence-electron chi connectivity index (χ1n) is 4.75. The highest BCUT2D eigenvalue weighted by Crippen LogP contribution is 2.15. The maximum Gasteiger partial charge on any atom is 0.328 e. The summed E-state index contributed by atoms with van der Waals surface area (Å²) in [5.41, 5.74) is -0.116. The van der Waals surface area contributed by atoms with Gasteiger partial charge in [0.15, 0.2) is 0 Å². The molecule has 0 spiro atoms. The Morgan fingerprint density at radius 1 is 1.64 bits per heavy atom. The Morgan fingerprint density at radius 3 is 2.93 bits per heavy atom. The first kappa shape index (κ1) is 11.2. The van der Waals surface area contributed by atoms with Crippen molar-refractivity contribution in [1.29, 1.82) is 0 Å². The first-order valence-corrected chi connectivity index (χ1v) is 4.75. The number of hydrogen-bond donors (Lipinski definition) is 1. The zero-order valence-corrected chi connectivity index (χ0v) is 8.69. The molecular formula is C10H17NO3. The number of rotatable bonds is 3. The maximum atomic E-state index is 10.2. The van der Waals surface area contributed by atoms with E-state index in [-0.39, 0.29) is 5.60 Å². The second-order valence-corrected chi connectivity index (χ2v) is 4.08. The van der Waals surface area contributed by atoms with Gasteiger partial charge in [-0.05, 0) is 13.8 Å². The van der Waals surface area contributed by atoms with Crippen molar-refractivity contribution in [2.24, 2.45) is 0 Å². The highest BCUT2D eigenvalue weighted by Gasteiger charge is 2.26. The lowest BCUT2D eigenvalue weighted by Crippen LogP contribution is -2.48. The van der Waals surface area contributed by atoms with E-state index in [0.717, 1.165) is 13.1 Å². The smallest absolute Gasteiger partial charge is 0.328 e. The quantitative estimate of drug-likeness (QED) is 0.681. The average Bonchev–Trinajstić information content (AvgIpc) is 2.01. The standard InChI is InChI=1S/C10H17NO3/c1-10(2)8-11(6-7-14-10)5-3-4-9(12)13/h3-4H,5-8H2,1-2H3,(H,12,13)/b4-3+. The third kappa shape index (κ3) is 3.89. The van der Waals surface area contributed by atoms with Crippen molar-refractivity contribution in [1.82, 2.24) is 4.90 Å². The summed E-state index contributed by atoms with van der Waals surface area (Å²) in [6.45, 7) is 7.19. The van der Waals surface area contributed by atoms with Crippen LogP contribution in [0.4, 0.5) is 0 Å². The van der Waals surface area contributed by atoms with Crippen molar-refractivity contribution in [3.05, 3.63) is 12.2 Å². The van der Waals surface area contributed by atoms with Crippen LogP contribution in [0.5, 0.6) is 0 Å². The van der Waals surface area contributed by atoms with Gasteiger partial charge in [0.2, 0.25) is 0 Å². The topological polar surface area (TPSA) is 49.8 Å². The lowest BCUT2D eigenvalue weighted by molar-refractivity contribution is -0.131. The van der Waals surface area contributed by atoms with Crippen LogP contribution in [-0.2, 0) is 9.53 Å². The molecule has 1 rings (SSSR count). The molecule has 0 aromatic heterocycles. The molecule has 1 heterocycles. The Balaban J connectivity index is 2.35. The molecule has 1 aliphatic rings. The Kier molecular flexibility index (Phi) is 3.66. The van der Waals surface area contributed by atoms with Gasteiger partial charge in [-0.15, -0.1) is 0 Å². The highest BCUT2D eigenvalue weighted by atomic mass is 16.5. The normalized spacial score (nSPS) is 22.7. The van der Waals surface area contributed by atoms with Gasteiger partial charge in [0.05, 0.1) is 12.2 Å². The van der Waals surface area contributed by atoms with Crippen molar-refractivity contribution < 1.29 is 14.6 Å². The van der Waals surface area contributed by atoms with Crippen LogP contribution in [0, 0.1) is 0 Å². The fraction of sp³-hybridized carbons (Fsp3) is 0.700. The van der Waals surface area contributed by atoms with Gasteiger partial charge in [-0.1, -0.05) is 6.08 Å². The minimum atomic E-state index is -0.891. The second kappa shape index (κ2) is 4.57. The summed E-state index contributed by atoms with van der Waals surface area (Å²) in [7, 11) is 0. The number of aliphatic carboxylic acids is 1. The molecule has 1 fully saturated rings. The molecule has 0 aliphatic carbocycles. The van der Waals surface area contributed by atoms with Crippen molar-refractivity contribution in [2.75, 3.05) is 26.2 Å². The number of nitrogens with zero attached hydrogens (tertiary/aromatic N) is 1. The summed E-state index contributed by atoms with van der Waals surface area (Å²) < 4.78 is 5.54. The Labute approximate surface area is 84.2 Å². The van der Waals surface area contributed by atoms with Crippen LogP contribution in [-0.4, -0.2) is 47.8 Å². The van der Waals surface area contributed by atoms with Crippen LogP contribution in [0.3, 0.4) is 0 Å². The van der Waals surface area contributed by atoms with E-state index in [0.29, 0.717) is 13.2 Å². The highest BCUT2D eigenvalue weighted by molar-refractivity contribution is 5.79. The Bertz CT molecular complexity index is 236. The number of carbonyl (C=O) groups is 1. The molecule has 80 valence electrons. The lowest BCUT2D eigenvalue weighted by atomic mass is 10.1. The molecule has 14 heavy (non-hydrogen) atoms. The first-order chi connectivity index (χ1) is 6.49. The number of ether oxygens (including phenoxy) is 1. The molecule has 1 N–H and O–H groups in total. The minimum Gasteiger partial charge on any atom is -0.478 e. The summed E-state index contributed by atoms with van der Waals surface area (Å²) in [5, 5.41) is 8.42. The van der Waals surface area contributed by atoms with E-state index < -0.39 is 5.97 Å². The Morgan fingerprint density at radius 2 is 2.36 bits per heavy atom. The van der Waals surface area contributed by atoms with Crippen LogP contribution in [0.25, 0.3) is 0 Å². The molecule has 1 saturated heterocycles. The average molecular weight is 199 g/mol. The van der Waals surface area contributed by atoms with Gasteiger partial charge < -0.3 is 9.84 Å². The van der Waals surface area contributed by atoms with Crippen LogP contribution in [0.2, 0.25) is 0 Å². The summed E-state index contributed by atoms with van der Waals surface area (Å²) in [6, 6.07) is 0. The minimum absolute atomic E-state index is 0.116. The molecule has 0 saturated carbocycles.